The minimum absolute atomic E-state index is 0.118. The maximum absolute atomic E-state index is 11.7. The number of aromatic nitrogens is 2. The Bertz CT molecular complexity index is 602. The fourth-order valence-corrected chi connectivity index (χ4v) is 1.83. The molecule has 0 atom stereocenters. The molecule has 88 valence electrons. The molecule has 2 rings (SSSR count). The Morgan fingerprint density at radius 1 is 1.35 bits per heavy atom. The molecule has 0 bridgehead atoms. The number of ketones is 1. The highest BCUT2D eigenvalue weighted by atomic mass is 16.1. The summed E-state index contributed by atoms with van der Waals surface area (Å²) in [5, 5.41) is 0. The van der Waals surface area contributed by atoms with E-state index in [0.29, 0.717) is 19.4 Å². The fraction of sp³-hybridized carbons (Fsp3) is 0.308. The van der Waals surface area contributed by atoms with Crippen molar-refractivity contribution in [2.24, 2.45) is 0 Å². The maximum atomic E-state index is 11.7. The van der Waals surface area contributed by atoms with Gasteiger partial charge < -0.3 is 9.36 Å². The molecule has 2 aromatic rings. The van der Waals surface area contributed by atoms with Crippen LogP contribution in [0.4, 0.5) is 0 Å². The van der Waals surface area contributed by atoms with Crippen LogP contribution in [0.2, 0.25) is 0 Å². The lowest BCUT2D eigenvalue weighted by Crippen LogP contribution is -2.20. The van der Waals surface area contributed by atoms with Crippen LogP contribution in [0.5, 0.6) is 0 Å². The number of para-hydroxylation sites is 2. The van der Waals surface area contributed by atoms with E-state index in [1.807, 2.05) is 24.3 Å². The van der Waals surface area contributed by atoms with E-state index < -0.39 is 0 Å². The quantitative estimate of drug-likeness (QED) is 0.804. The van der Waals surface area contributed by atoms with Gasteiger partial charge in [0, 0.05) is 13.0 Å². The maximum Gasteiger partial charge on any atom is 0.269 e. The van der Waals surface area contributed by atoms with Gasteiger partial charge in [-0.25, -0.2) is 4.98 Å². The number of Topliss-reactive ketones (excluding diaryl/α,β-unsaturated/α-hetero) is 1. The van der Waals surface area contributed by atoms with Crippen molar-refractivity contribution in [2.75, 3.05) is 0 Å². The van der Waals surface area contributed by atoms with Gasteiger partial charge in [-0.3, -0.25) is 4.79 Å². The smallest absolute Gasteiger partial charge is 0.269 e. The summed E-state index contributed by atoms with van der Waals surface area (Å²) in [6.07, 6.45) is 2.52. The summed E-state index contributed by atoms with van der Waals surface area (Å²) in [4.78, 5) is 26.7. The van der Waals surface area contributed by atoms with Crippen LogP contribution in [0.1, 0.15) is 19.8 Å². The second-order valence-corrected chi connectivity index (χ2v) is 4.04. The van der Waals surface area contributed by atoms with E-state index in [2.05, 4.69) is 4.98 Å². The fourth-order valence-electron chi connectivity index (χ4n) is 1.83. The first-order valence-corrected chi connectivity index (χ1v) is 5.62. The second kappa shape index (κ2) is 4.91. The van der Waals surface area contributed by atoms with Gasteiger partial charge in [0.2, 0.25) is 0 Å². The summed E-state index contributed by atoms with van der Waals surface area (Å²) in [6.45, 7) is 2.12. The molecule has 0 fully saturated rings. The molecular weight excluding hydrogens is 216 g/mol. The Labute approximate surface area is 98.9 Å². The first-order valence-electron chi connectivity index (χ1n) is 5.62. The van der Waals surface area contributed by atoms with Crippen molar-refractivity contribution in [2.45, 2.75) is 26.3 Å². The zero-order valence-corrected chi connectivity index (χ0v) is 9.72. The summed E-state index contributed by atoms with van der Waals surface area (Å²) >= 11 is 0. The van der Waals surface area contributed by atoms with Crippen molar-refractivity contribution in [1.29, 1.82) is 0 Å². The molecule has 0 aliphatic heterocycles. The van der Waals surface area contributed by atoms with Gasteiger partial charge in [0.05, 0.1) is 17.2 Å². The lowest BCUT2D eigenvalue weighted by atomic mass is 10.2. The van der Waals surface area contributed by atoms with Crippen molar-refractivity contribution in [3.63, 3.8) is 0 Å². The summed E-state index contributed by atoms with van der Waals surface area (Å²) < 4.78 is 1.67. The highest BCUT2D eigenvalue weighted by Crippen LogP contribution is 2.09. The molecule has 0 amide bonds. The van der Waals surface area contributed by atoms with Crippen LogP contribution in [0.15, 0.2) is 35.3 Å². The molecule has 0 N–H and O–H groups in total. The van der Waals surface area contributed by atoms with E-state index in [1.165, 1.54) is 6.20 Å². The van der Waals surface area contributed by atoms with E-state index in [9.17, 15) is 9.59 Å². The van der Waals surface area contributed by atoms with Crippen LogP contribution in [-0.4, -0.2) is 15.3 Å². The van der Waals surface area contributed by atoms with E-state index in [1.54, 1.807) is 11.5 Å². The van der Waals surface area contributed by atoms with Gasteiger partial charge in [-0.2, -0.15) is 0 Å². The first kappa shape index (κ1) is 11.5. The van der Waals surface area contributed by atoms with Gasteiger partial charge in [-0.15, -0.1) is 0 Å². The van der Waals surface area contributed by atoms with Gasteiger partial charge in [0.25, 0.3) is 5.56 Å². The van der Waals surface area contributed by atoms with E-state index in [4.69, 9.17) is 0 Å². The number of hydrogen-bond acceptors (Lipinski definition) is 3. The van der Waals surface area contributed by atoms with Crippen molar-refractivity contribution in [1.82, 2.24) is 9.55 Å². The molecule has 4 nitrogen and oxygen atoms in total. The molecule has 0 aliphatic carbocycles. The number of rotatable bonds is 4. The molecule has 0 spiro atoms. The molecular formula is C13H14N2O2. The Balaban J connectivity index is 2.34. The summed E-state index contributed by atoms with van der Waals surface area (Å²) in [5.41, 5.74) is 1.51. The minimum atomic E-state index is -0.118. The number of aryl methyl sites for hydroxylation is 1. The number of carbonyl (C=O) groups is 1. The molecule has 0 saturated heterocycles. The zero-order chi connectivity index (χ0) is 12.3. The van der Waals surface area contributed by atoms with Gasteiger partial charge in [0.1, 0.15) is 5.78 Å². The molecule has 4 heteroatoms. The predicted molar refractivity (Wildman–Crippen MR) is 65.9 cm³/mol. The first-order chi connectivity index (χ1) is 8.18. The Morgan fingerprint density at radius 3 is 2.88 bits per heavy atom. The van der Waals surface area contributed by atoms with Gasteiger partial charge in [-0.1, -0.05) is 12.1 Å². The average molecular weight is 230 g/mol. The van der Waals surface area contributed by atoms with Crippen LogP contribution in [0, 0.1) is 0 Å². The normalized spacial score (nSPS) is 10.6. The van der Waals surface area contributed by atoms with Crippen LogP contribution in [0.25, 0.3) is 11.0 Å². The van der Waals surface area contributed by atoms with Crippen molar-refractivity contribution >= 4 is 16.8 Å². The lowest BCUT2D eigenvalue weighted by Gasteiger charge is -2.08. The molecule has 1 heterocycles. The Hall–Kier alpha value is -1.97. The van der Waals surface area contributed by atoms with Crippen LogP contribution >= 0.6 is 0 Å². The van der Waals surface area contributed by atoms with Crippen LogP contribution < -0.4 is 5.56 Å². The highest BCUT2D eigenvalue weighted by molar-refractivity contribution is 5.75. The van der Waals surface area contributed by atoms with Crippen LogP contribution in [-0.2, 0) is 11.3 Å². The van der Waals surface area contributed by atoms with Crippen LogP contribution in [0.3, 0.4) is 0 Å². The lowest BCUT2D eigenvalue weighted by molar-refractivity contribution is -0.117. The molecule has 17 heavy (non-hydrogen) atoms. The number of benzene rings is 1. The van der Waals surface area contributed by atoms with E-state index in [-0.39, 0.29) is 11.3 Å². The molecule has 0 saturated carbocycles. The highest BCUT2D eigenvalue weighted by Gasteiger charge is 2.03. The monoisotopic (exact) mass is 230 g/mol. The van der Waals surface area contributed by atoms with E-state index in [0.717, 1.165) is 11.0 Å². The summed E-state index contributed by atoms with van der Waals surface area (Å²) in [5.74, 6) is 0.149. The number of fused-ring (bicyclic) bond motifs is 1. The van der Waals surface area contributed by atoms with Crippen molar-refractivity contribution in [3.05, 3.63) is 40.8 Å². The topological polar surface area (TPSA) is 52.0 Å². The van der Waals surface area contributed by atoms with Gasteiger partial charge >= 0.3 is 0 Å². The Morgan fingerprint density at radius 2 is 2.12 bits per heavy atom. The number of carbonyl (C=O) groups excluding carboxylic acids is 1. The van der Waals surface area contributed by atoms with Gasteiger partial charge in [-0.05, 0) is 25.5 Å². The Kier molecular flexibility index (Phi) is 3.32. The molecule has 0 aliphatic rings. The molecule has 1 aromatic carbocycles. The zero-order valence-electron chi connectivity index (χ0n) is 9.72. The van der Waals surface area contributed by atoms with Crippen molar-refractivity contribution in [3.8, 4) is 0 Å². The third kappa shape index (κ3) is 2.58. The predicted octanol–water partition coefficient (Wildman–Crippen LogP) is 1.77. The second-order valence-electron chi connectivity index (χ2n) is 4.04. The third-order valence-corrected chi connectivity index (χ3v) is 2.66. The van der Waals surface area contributed by atoms with E-state index >= 15 is 0 Å². The van der Waals surface area contributed by atoms with Crippen molar-refractivity contribution < 1.29 is 4.79 Å². The standard InChI is InChI=1S/C13H14N2O2/c1-10(16)5-4-8-15-12-7-3-2-6-11(12)14-9-13(15)17/h2-3,6-7,9H,4-5,8H2,1H3. The summed E-state index contributed by atoms with van der Waals surface area (Å²) in [7, 11) is 0. The number of nitrogens with zero attached hydrogens (tertiary/aromatic N) is 2. The summed E-state index contributed by atoms with van der Waals surface area (Å²) in [6, 6.07) is 7.51. The SMILES string of the molecule is CC(=O)CCCn1c(=O)cnc2ccccc21. The minimum Gasteiger partial charge on any atom is -0.305 e. The largest absolute Gasteiger partial charge is 0.305 e. The molecule has 0 unspecified atom stereocenters. The molecule has 1 aromatic heterocycles. The average Bonchev–Trinajstić information content (AvgIpc) is 2.32. The molecule has 0 radical (unpaired) electrons. The number of hydrogen-bond donors (Lipinski definition) is 0. The van der Waals surface area contributed by atoms with Gasteiger partial charge in [0.15, 0.2) is 0 Å². The third-order valence-electron chi connectivity index (χ3n) is 2.66.